The fourth-order valence-corrected chi connectivity index (χ4v) is 3.73. The van der Waals surface area contributed by atoms with E-state index in [1.54, 1.807) is 43.3 Å². The molecule has 0 saturated carbocycles. The standard InChI is InChI=1S/C21H13Cl3N2O4/c1-10-8-16(25-30-10)26-18(12-4-7-14(23)15(24)9-12)17(20(28)21(26)29)19(27)11-2-5-13(22)6-3-11/h2-9,18,27H,1H3/b19-17-. The van der Waals surface area contributed by atoms with Gasteiger partial charge in [-0.1, -0.05) is 46.0 Å². The van der Waals surface area contributed by atoms with E-state index in [1.165, 1.54) is 17.0 Å². The molecule has 0 spiro atoms. The number of halogens is 3. The fraction of sp³-hybridized carbons (Fsp3) is 0.0952. The molecular formula is C21H13Cl3N2O4. The molecular weight excluding hydrogens is 451 g/mol. The smallest absolute Gasteiger partial charge is 0.301 e. The van der Waals surface area contributed by atoms with Crippen molar-refractivity contribution < 1.29 is 19.2 Å². The Kier molecular flexibility index (Phi) is 5.32. The van der Waals surface area contributed by atoms with Crippen molar-refractivity contribution in [1.82, 2.24) is 5.16 Å². The minimum absolute atomic E-state index is 0.110. The number of rotatable bonds is 3. The molecule has 1 atom stereocenters. The number of aliphatic hydroxyl groups is 1. The van der Waals surface area contributed by atoms with Crippen molar-refractivity contribution in [2.24, 2.45) is 0 Å². The number of carbonyl (C=O) groups is 2. The summed E-state index contributed by atoms with van der Waals surface area (Å²) in [5.74, 6) is -1.46. The average molecular weight is 464 g/mol. The Morgan fingerprint density at radius 1 is 1.03 bits per heavy atom. The molecule has 2 heterocycles. The highest BCUT2D eigenvalue weighted by Crippen LogP contribution is 2.43. The third-order valence-corrected chi connectivity index (χ3v) is 5.67. The minimum Gasteiger partial charge on any atom is -0.507 e. The van der Waals surface area contributed by atoms with Crippen molar-refractivity contribution in [3.05, 3.63) is 86.1 Å². The summed E-state index contributed by atoms with van der Waals surface area (Å²) in [4.78, 5) is 27.0. The quantitative estimate of drug-likeness (QED) is 0.312. The lowest BCUT2D eigenvalue weighted by molar-refractivity contribution is -0.132. The van der Waals surface area contributed by atoms with E-state index >= 15 is 0 Å². The van der Waals surface area contributed by atoms with E-state index in [0.29, 0.717) is 26.9 Å². The molecule has 0 bridgehead atoms. The van der Waals surface area contributed by atoms with Crippen molar-refractivity contribution in [2.75, 3.05) is 4.90 Å². The van der Waals surface area contributed by atoms with Gasteiger partial charge in [-0.25, -0.2) is 0 Å². The Morgan fingerprint density at radius 3 is 2.33 bits per heavy atom. The molecule has 9 heteroatoms. The van der Waals surface area contributed by atoms with Crippen LogP contribution < -0.4 is 4.90 Å². The lowest BCUT2D eigenvalue weighted by Crippen LogP contribution is -2.29. The molecule has 1 fully saturated rings. The zero-order valence-corrected chi connectivity index (χ0v) is 17.7. The Balaban J connectivity index is 1.96. The van der Waals surface area contributed by atoms with Crippen molar-refractivity contribution in [2.45, 2.75) is 13.0 Å². The molecule has 3 aromatic rings. The molecule has 1 unspecified atom stereocenters. The molecule has 2 aromatic carbocycles. The zero-order valence-electron chi connectivity index (χ0n) is 15.4. The Labute approximate surface area is 186 Å². The van der Waals surface area contributed by atoms with Gasteiger partial charge < -0.3 is 9.63 Å². The summed E-state index contributed by atoms with van der Waals surface area (Å²) in [6.45, 7) is 1.66. The van der Waals surface area contributed by atoms with Gasteiger partial charge in [0.2, 0.25) is 0 Å². The van der Waals surface area contributed by atoms with Crippen LogP contribution in [0, 0.1) is 6.92 Å². The van der Waals surface area contributed by atoms with Crippen LogP contribution in [-0.4, -0.2) is 22.0 Å². The van der Waals surface area contributed by atoms with Gasteiger partial charge in [-0.3, -0.25) is 14.5 Å². The Bertz CT molecular complexity index is 1200. The van der Waals surface area contributed by atoms with Crippen LogP contribution in [0.1, 0.15) is 22.9 Å². The van der Waals surface area contributed by atoms with Crippen LogP contribution in [0.3, 0.4) is 0 Å². The van der Waals surface area contributed by atoms with Crippen LogP contribution in [0.5, 0.6) is 0 Å². The second-order valence-electron chi connectivity index (χ2n) is 6.65. The number of aryl methyl sites for hydroxylation is 1. The van der Waals surface area contributed by atoms with Crippen molar-refractivity contribution in [3.8, 4) is 0 Å². The second-order valence-corrected chi connectivity index (χ2v) is 7.90. The zero-order chi connectivity index (χ0) is 21.6. The molecule has 1 aliphatic rings. The van der Waals surface area contributed by atoms with E-state index in [0.717, 1.165) is 0 Å². The van der Waals surface area contributed by atoms with Crippen molar-refractivity contribution in [1.29, 1.82) is 0 Å². The monoisotopic (exact) mass is 462 g/mol. The summed E-state index contributed by atoms with van der Waals surface area (Å²) in [5, 5.41) is 15.8. The van der Waals surface area contributed by atoms with Crippen LogP contribution in [0.15, 0.2) is 58.6 Å². The number of hydrogen-bond donors (Lipinski definition) is 1. The number of amides is 1. The van der Waals surface area contributed by atoms with Gasteiger partial charge in [0, 0.05) is 16.7 Å². The number of Topliss-reactive ketones (excluding diaryl/α,β-unsaturated/α-hetero) is 1. The predicted molar refractivity (Wildman–Crippen MR) is 114 cm³/mol. The van der Waals surface area contributed by atoms with Crippen LogP contribution >= 0.6 is 34.8 Å². The number of aromatic nitrogens is 1. The van der Waals surface area contributed by atoms with Crippen molar-refractivity contribution in [3.63, 3.8) is 0 Å². The molecule has 1 aliphatic heterocycles. The number of benzene rings is 2. The molecule has 1 aromatic heterocycles. The lowest BCUT2D eigenvalue weighted by atomic mass is 9.95. The molecule has 1 N–H and O–H groups in total. The summed E-state index contributed by atoms with van der Waals surface area (Å²) >= 11 is 18.1. The summed E-state index contributed by atoms with van der Waals surface area (Å²) in [5.41, 5.74) is 0.694. The number of ketones is 1. The van der Waals surface area contributed by atoms with Crippen LogP contribution in [-0.2, 0) is 9.59 Å². The summed E-state index contributed by atoms with van der Waals surface area (Å²) in [6, 6.07) is 11.5. The highest BCUT2D eigenvalue weighted by atomic mass is 35.5. The van der Waals surface area contributed by atoms with Gasteiger partial charge in [0.05, 0.1) is 21.7 Å². The SMILES string of the molecule is Cc1cc(N2C(=O)C(=O)/C(=C(\O)c3ccc(Cl)cc3)C2c2ccc(Cl)c(Cl)c2)no1. The fourth-order valence-electron chi connectivity index (χ4n) is 3.30. The third-order valence-electron chi connectivity index (χ3n) is 4.68. The largest absolute Gasteiger partial charge is 0.507 e. The van der Waals surface area contributed by atoms with Gasteiger partial charge in [0.25, 0.3) is 5.78 Å². The van der Waals surface area contributed by atoms with Gasteiger partial charge in [-0.15, -0.1) is 0 Å². The lowest BCUT2D eigenvalue weighted by Gasteiger charge is -2.23. The predicted octanol–water partition coefficient (Wildman–Crippen LogP) is 5.57. The molecule has 30 heavy (non-hydrogen) atoms. The molecule has 6 nitrogen and oxygen atoms in total. The number of hydrogen-bond acceptors (Lipinski definition) is 5. The first kappa shape index (κ1) is 20.5. The Morgan fingerprint density at radius 2 is 1.73 bits per heavy atom. The molecule has 152 valence electrons. The number of carbonyl (C=O) groups excluding carboxylic acids is 2. The molecule has 1 amide bonds. The van der Waals surface area contributed by atoms with E-state index in [9.17, 15) is 14.7 Å². The van der Waals surface area contributed by atoms with Gasteiger partial charge in [-0.2, -0.15) is 0 Å². The van der Waals surface area contributed by atoms with Crippen molar-refractivity contribution >= 4 is 58.1 Å². The van der Waals surface area contributed by atoms with Crippen LogP contribution in [0.25, 0.3) is 5.76 Å². The highest BCUT2D eigenvalue weighted by Gasteiger charge is 2.48. The second kappa shape index (κ2) is 7.80. The summed E-state index contributed by atoms with van der Waals surface area (Å²) in [6.07, 6.45) is 0. The van der Waals surface area contributed by atoms with Crippen LogP contribution in [0.4, 0.5) is 5.82 Å². The molecule has 1 saturated heterocycles. The van der Waals surface area contributed by atoms with E-state index in [4.69, 9.17) is 39.3 Å². The van der Waals surface area contributed by atoms with E-state index in [2.05, 4.69) is 5.16 Å². The maximum Gasteiger partial charge on any atom is 0.301 e. The minimum atomic E-state index is -0.986. The third kappa shape index (κ3) is 3.47. The van der Waals surface area contributed by atoms with E-state index < -0.39 is 17.7 Å². The first-order valence-electron chi connectivity index (χ1n) is 8.73. The number of aliphatic hydroxyl groups excluding tert-OH is 1. The van der Waals surface area contributed by atoms with Gasteiger partial charge >= 0.3 is 5.91 Å². The maximum atomic E-state index is 13.0. The topological polar surface area (TPSA) is 83.6 Å². The van der Waals surface area contributed by atoms with Crippen LogP contribution in [0.2, 0.25) is 15.1 Å². The normalized spacial score (nSPS) is 18.3. The first-order valence-corrected chi connectivity index (χ1v) is 9.86. The van der Waals surface area contributed by atoms with Gasteiger partial charge in [-0.05, 0) is 48.9 Å². The average Bonchev–Trinajstić information content (AvgIpc) is 3.25. The van der Waals surface area contributed by atoms with Gasteiger partial charge in [0.1, 0.15) is 11.5 Å². The Hall–Kier alpha value is -2.80. The van der Waals surface area contributed by atoms with Gasteiger partial charge in [0.15, 0.2) is 5.82 Å². The summed E-state index contributed by atoms with van der Waals surface area (Å²) in [7, 11) is 0. The molecule has 0 aliphatic carbocycles. The maximum absolute atomic E-state index is 13.0. The highest BCUT2D eigenvalue weighted by molar-refractivity contribution is 6.51. The molecule has 4 rings (SSSR count). The van der Waals surface area contributed by atoms with E-state index in [1.807, 2.05) is 0 Å². The molecule has 0 radical (unpaired) electrons. The number of nitrogens with zero attached hydrogens (tertiary/aromatic N) is 2. The first-order chi connectivity index (χ1) is 14.3. The van der Waals surface area contributed by atoms with E-state index in [-0.39, 0.29) is 22.2 Å². The summed E-state index contributed by atoms with van der Waals surface area (Å²) < 4.78 is 5.09. The number of anilines is 1.